The van der Waals surface area contributed by atoms with E-state index in [2.05, 4.69) is 22.0 Å². The molecule has 124 valence electrons. The van der Waals surface area contributed by atoms with Crippen molar-refractivity contribution in [2.45, 2.75) is 39.2 Å². The van der Waals surface area contributed by atoms with Gasteiger partial charge in [-0.05, 0) is 39.7 Å². The normalized spacial score (nSPS) is 20.9. The number of thiazole rings is 1. The van der Waals surface area contributed by atoms with Crippen LogP contribution in [-0.2, 0) is 5.54 Å². The fraction of sp³-hybridized carbons (Fsp3) is 0.412. The Balaban J connectivity index is 1.82. The summed E-state index contributed by atoms with van der Waals surface area (Å²) in [6.07, 6.45) is 3.69. The standard InChI is InChI=1S/C17H19N5OS/c1-11-9-14-18-7-5-13(22(14)20-11)17(3)6-4-8-21(17)16(23)15-12(2)19-10-24-15/h5,7,9-10H,4,6,8H2,1-3H3/t17-/m0/s1. The van der Waals surface area contributed by atoms with E-state index in [0.717, 1.165) is 47.0 Å². The zero-order chi connectivity index (χ0) is 16.9. The molecule has 3 aromatic heterocycles. The maximum Gasteiger partial charge on any atom is 0.266 e. The molecule has 7 heteroatoms. The van der Waals surface area contributed by atoms with Gasteiger partial charge in [0.2, 0.25) is 0 Å². The van der Waals surface area contributed by atoms with Crippen LogP contribution in [0.15, 0.2) is 23.8 Å². The molecule has 24 heavy (non-hydrogen) atoms. The van der Waals surface area contributed by atoms with Crippen LogP contribution in [0.1, 0.15) is 46.5 Å². The van der Waals surface area contributed by atoms with E-state index in [0.29, 0.717) is 0 Å². The van der Waals surface area contributed by atoms with E-state index in [9.17, 15) is 4.79 Å². The number of carbonyl (C=O) groups excluding carboxylic acids is 1. The third-order valence-corrected chi connectivity index (χ3v) is 5.77. The average Bonchev–Trinajstić information content (AvgIpc) is 3.24. The minimum Gasteiger partial charge on any atom is -0.327 e. The topological polar surface area (TPSA) is 63.4 Å². The van der Waals surface area contributed by atoms with Gasteiger partial charge in [0.25, 0.3) is 5.91 Å². The number of fused-ring (bicyclic) bond motifs is 1. The van der Waals surface area contributed by atoms with Gasteiger partial charge >= 0.3 is 0 Å². The van der Waals surface area contributed by atoms with Crippen molar-refractivity contribution in [3.8, 4) is 0 Å². The van der Waals surface area contributed by atoms with Gasteiger partial charge in [0.15, 0.2) is 5.65 Å². The first-order valence-electron chi connectivity index (χ1n) is 8.04. The number of hydrogen-bond donors (Lipinski definition) is 0. The molecule has 4 rings (SSSR count). The maximum absolute atomic E-state index is 13.1. The summed E-state index contributed by atoms with van der Waals surface area (Å²) in [5.41, 5.74) is 4.89. The quantitative estimate of drug-likeness (QED) is 0.719. The number of aromatic nitrogens is 4. The van der Waals surface area contributed by atoms with Gasteiger partial charge in [0.1, 0.15) is 4.88 Å². The molecule has 1 aliphatic rings. The Morgan fingerprint density at radius 2 is 2.17 bits per heavy atom. The number of amides is 1. The Morgan fingerprint density at radius 1 is 1.33 bits per heavy atom. The van der Waals surface area contributed by atoms with Gasteiger partial charge in [-0.3, -0.25) is 4.79 Å². The van der Waals surface area contributed by atoms with Gasteiger partial charge in [-0.15, -0.1) is 11.3 Å². The fourth-order valence-corrected chi connectivity index (χ4v) is 4.35. The molecule has 0 radical (unpaired) electrons. The van der Waals surface area contributed by atoms with Gasteiger partial charge in [-0.2, -0.15) is 5.10 Å². The first-order chi connectivity index (χ1) is 11.5. The molecule has 4 heterocycles. The molecule has 1 fully saturated rings. The van der Waals surface area contributed by atoms with E-state index < -0.39 is 5.54 Å². The van der Waals surface area contributed by atoms with E-state index in [4.69, 9.17) is 0 Å². The number of aryl methyl sites for hydroxylation is 2. The van der Waals surface area contributed by atoms with Crippen molar-refractivity contribution in [2.24, 2.45) is 0 Å². The van der Waals surface area contributed by atoms with E-state index >= 15 is 0 Å². The monoisotopic (exact) mass is 341 g/mol. The Labute approximate surface area is 144 Å². The van der Waals surface area contributed by atoms with Crippen LogP contribution in [0, 0.1) is 13.8 Å². The summed E-state index contributed by atoms with van der Waals surface area (Å²) in [5.74, 6) is 0.0591. The van der Waals surface area contributed by atoms with E-state index in [1.54, 1.807) is 11.7 Å². The fourth-order valence-electron chi connectivity index (χ4n) is 3.60. The van der Waals surface area contributed by atoms with Gasteiger partial charge in [0, 0.05) is 18.8 Å². The molecular weight excluding hydrogens is 322 g/mol. The highest BCUT2D eigenvalue weighted by molar-refractivity contribution is 7.11. The van der Waals surface area contributed by atoms with Crippen molar-refractivity contribution in [2.75, 3.05) is 6.54 Å². The molecule has 1 aliphatic heterocycles. The van der Waals surface area contributed by atoms with E-state index in [1.165, 1.54) is 11.3 Å². The summed E-state index contributed by atoms with van der Waals surface area (Å²) in [7, 11) is 0. The molecule has 1 atom stereocenters. The predicted octanol–water partition coefficient (Wildman–Crippen LogP) is 2.95. The minimum atomic E-state index is -0.396. The lowest BCUT2D eigenvalue weighted by molar-refractivity contribution is 0.0612. The largest absolute Gasteiger partial charge is 0.327 e. The highest BCUT2D eigenvalue weighted by atomic mass is 32.1. The third kappa shape index (κ3) is 2.15. The summed E-state index contributed by atoms with van der Waals surface area (Å²) in [6.45, 7) is 6.72. The van der Waals surface area contributed by atoms with Gasteiger partial charge in [-0.25, -0.2) is 14.5 Å². The Kier molecular flexibility index (Phi) is 3.42. The van der Waals surface area contributed by atoms with Crippen molar-refractivity contribution in [3.05, 3.63) is 45.8 Å². The Morgan fingerprint density at radius 3 is 2.92 bits per heavy atom. The second-order valence-corrected chi connectivity index (χ2v) is 7.34. The molecule has 1 saturated heterocycles. The molecule has 0 aromatic carbocycles. The molecule has 0 spiro atoms. The predicted molar refractivity (Wildman–Crippen MR) is 92.2 cm³/mol. The summed E-state index contributed by atoms with van der Waals surface area (Å²) in [5, 5.41) is 4.58. The molecule has 3 aromatic rings. The van der Waals surface area contributed by atoms with E-state index in [1.807, 2.05) is 35.4 Å². The molecule has 0 bridgehead atoms. The lowest BCUT2D eigenvalue weighted by atomic mass is 9.93. The second-order valence-electron chi connectivity index (χ2n) is 6.49. The van der Waals surface area contributed by atoms with Gasteiger partial charge in [0.05, 0.1) is 28.1 Å². The van der Waals surface area contributed by atoms with Crippen LogP contribution in [0.5, 0.6) is 0 Å². The molecule has 1 amide bonds. The molecule has 0 unspecified atom stereocenters. The summed E-state index contributed by atoms with van der Waals surface area (Å²) in [4.78, 5) is 24.4. The van der Waals surface area contributed by atoms with Crippen LogP contribution < -0.4 is 0 Å². The van der Waals surface area contributed by atoms with Crippen LogP contribution in [0.2, 0.25) is 0 Å². The summed E-state index contributed by atoms with van der Waals surface area (Å²) in [6, 6.07) is 3.94. The smallest absolute Gasteiger partial charge is 0.266 e. The van der Waals surface area contributed by atoms with Crippen LogP contribution in [0.3, 0.4) is 0 Å². The SMILES string of the molecule is Cc1cc2nccc([C@]3(C)CCCN3C(=O)c3scnc3C)n2n1. The Bertz CT molecular complexity index is 930. The van der Waals surface area contributed by atoms with Crippen LogP contribution in [0.4, 0.5) is 0 Å². The zero-order valence-corrected chi connectivity index (χ0v) is 14.8. The third-order valence-electron chi connectivity index (χ3n) is 4.86. The summed E-state index contributed by atoms with van der Waals surface area (Å²) < 4.78 is 1.88. The van der Waals surface area contributed by atoms with Gasteiger partial charge < -0.3 is 4.90 Å². The molecular formula is C17H19N5OS. The van der Waals surface area contributed by atoms with E-state index in [-0.39, 0.29) is 5.91 Å². The van der Waals surface area contributed by atoms with Crippen LogP contribution >= 0.6 is 11.3 Å². The molecule has 0 aliphatic carbocycles. The van der Waals surface area contributed by atoms with Crippen molar-refractivity contribution in [3.63, 3.8) is 0 Å². The van der Waals surface area contributed by atoms with Crippen molar-refractivity contribution >= 4 is 22.9 Å². The number of rotatable bonds is 2. The molecule has 0 saturated carbocycles. The van der Waals surface area contributed by atoms with Crippen LogP contribution in [-0.4, -0.2) is 36.9 Å². The van der Waals surface area contributed by atoms with Crippen LogP contribution in [0.25, 0.3) is 5.65 Å². The summed E-state index contributed by atoms with van der Waals surface area (Å²) >= 11 is 1.41. The number of nitrogens with zero attached hydrogens (tertiary/aromatic N) is 5. The minimum absolute atomic E-state index is 0.0591. The van der Waals surface area contributed by atoms with Crippen molar-refractivity contribution in [1.29, 1.82) is 0 Å². The number of carbonyl (C=O) groups is 1. The van der Waals surface area contributed by atoms with Crippen molar-refractivity contribution in [1.82, 2.24) is 24.5 Å². The molecule has 6 nitrogen and oxygen atoms in total. The zero-order valence-electron chi connectivity index (χ0n) is 14.0. The molecule has 0 N–H and O–H groups in total. The van der Waals surface area contributed by atoms with Gasteiger partial charge in [-0.1, -0.05) is 0 Å². The highest BCUT2D eigenvalue weighted by Crippen LogP contribution is 2.39. The average molecular weight is 341 g/mol. The first-order valence-corrected chi connectivity index (χ1v) is 8.92. The second kappa shape index (κ2) is 5.37. The van der Waals surface area contributed by atoms with Crippen molar-refractivity contribution < 1.29 is 4.79 Å². The number of likely N-dealkylation sites (tertiary alicyclic amines) is 1. The highest BCUT2D eigenvalue weighted by Gasteiger charge is 2.43. The first kappa shape index (κ1) is 15.3. The lowest BCUT2D eigenvalue weighted by Gasteiger charge is -2.35. The maximum atomic E-state index is 13.1. The lowest BCUT2D eigenvalue weighted by Crippen LogP contribution is -2.44. The Hall–Kier alpha value is -2.28. The number of hydrogen-bond acceptors (Lipinski definition) is 5.